The van der Waals surface area contributed by atoms with Gasteiger partial charge >= 0.3 is 0 Å². The first-order valence-electron chi connectivity index (χ1n) is 7.74. The molecule has 0 aliphatic carbocycles. The molecular weight excluding hydrogens is 445 g/mol. The average molecular weight is 457 g/mol. The number of anilines is 1. The van der Waals surface area contributed by atoms with Gasteiger partial charge in [-0.3, -0.25) is 4.79 Å². The van der Waals surface area contributed by atoms with Crippen LogP contribution in [0, 0.1) is 3.57 Å². The summed E-state index contributed by atoms with van der Waals surface area (Å²) in [5.41, 5.74) is 1.97. The molecule has 4 rings (SSSR count). The van der Waals surface area contributed by atoms with Crippen LogP contribution in [0.25, 0.3) is 23.1 Å². The van der Waals surface area contributed by atoms with Crippen LogP contribution in [-0.2, 0) is 0 Å². The lowest BCUT2D eigenvalue weighted by Crippen LogP contribution is -2.13. The molecule has 2 heterocycles. The SMILES string of the molecule is O=C(Nc1cccc(-c2nnc(-c3ccco3)o2)c1)c1ccccc1I. The van der Waals surface area contributed by atoms with Gasteiger partial charge in [-0.1, -0.05) is 18.2 Å². The summed E-state index contributed by atoms with van der Waals surface area (Å²) in [7, 11) is 0. The molecule has 26 heavy (non-hydrogen) atoms. The van der Waals surface area contributed by atoms with Gasteiger partial charge in [0.2, 0.25) is 5.89 Å². The zero-order chi connectivity index (χ0) is 17.9. The number of nitrogens with zero attached hydrogens (tertiary/aromatic N) is 2. The van der Waals surface area contributed by atoms with Crippen molar-refractivity contribution in [2.75, 3.05) is 5.32 Å². The van der Waals surface area contributed by atoms with Gasteiger partial charge in [0, 0.05) is 14.8 Å². The molecule has 0 aliphatic rings. The zero-order valence-electron chi connectivity index (χ0n) is 13.3. The number of amides is 1. The van der Waals surface area contributed by atoms with Crippen LogP contribution < -0.4 is 5.32 Å². The normalized spacial score (nSPS) is 10.7. The molecule has 0 fully saturated rings. The number of hydrogen-bond donors (Lipinski definition) is 1. The van der Waals surface area contributed by atoms with Crippen LogP contribution in [0.15, 0.2) is 75.8 Å². The Hall–Kier alpha value is -2.94. The minimum Gasteiger partial charge on any atom is -0.459 e. The van der Waals surface area contributed by atoms with Crippen molar-refractivity contribution in [3.63, 3.8) is 0 Å². The van der Waals surface area contributed by atoms with E-state index in [0.29, 0.717) is 34.4 Å². The van der Waals surface area contributed by atoms with Crippen molar-refractivity contribution in [1.82, 2.24) is 10.2 Å². The summed E-state index contributed by atoms with van der Waals surface area (Å²) < 4.78 is 11.8. The second kappa shape index (κ2) is 7.12. The molecule has 0 saturated carbocycles. The van der Waals surface area contributed by atoms with Crippen molar-refractivity contribution in [1.29, 1.82) is 0 Å². The van der Waals surface area contributed by atoms with E-state index < -0.39 is 0 Å². The molecule has 7 heteroatoms. The lowest BCUT2D eigenvalue weighted by molar-refractivity contribution is 0.102. The minimum absolute atomic E-state index is 0.172. The van der Waals surface area contributed by atoms with Gasteiger partial charge in [-0.15, -0.1) is 10.2 Å². The number of nitrogens with one attached hydrogen (secondary N) is 1. The molecule has 0 unspecified atom stereocenters. The molecular formula is C19H12IN3O3. The third-order valence-electron chi connectivity index (χ3n) is 3.64. The molecule has 128 valence electrons. The fourth-order valence-corrected chi connectivity index (χ4v) is 3.05. The van der Waals surface area contributed by atoms with Gasteiger partial charge < -0.3 is 14.2 Å². The van der Waals surface area contributed by atoms with Gasteiger partial charge in [0.1, 0.15) is 0 Å². The summed E-state index contributed by atoms with van der Waals surface area (Å²) in [6.45, 7) is 0. The van der Waals surface area contributed by atoms with E-state index in [2.05, 4.69) is 38.1 Å². The molecule has 6 nitrogen and oxygen atoms in total. The molecule has 0 radical (unpaired) electrons. The highest BCUT2D eigenvalue weighted by Gasteiger charge is 2.14. The predicted octanol–water partition coefficient (Wildman–Crippen LogP) is 4.85. The van der Waals surface area contributed by atoms with Gasteiger partial charge in [-0.05, 0) is 65.1 Å². The topological polar surface area (TPSA) is 81.2 Å². The monoisotopic (exact) mass is 457 g/mol. The minimum atomic E-state index is -0.172. The van der Waals surface area contributed by atoms with Gasteiger partial charge in [0.15, 0.2) is 5.76 Å². The number of hydrogen-bond acceptors (Lipinski definition) is 5. The third-order valence-corrected chi connectivity index (χ3v) is 4.58. The summed E-state index contributed by atoms with van der Waals surface area (Å²) in [4.78, 5) is 12.5. The van der Waals surface area contributed by atoms with Crippen LogP contribution in [0.5, 0.6) is 0 Å². The largest absolute Gasteiger partial charge is 0.459 e. The molecule has 0 saturated heterocycles. The lowest BCUT2D eigenvalue weighted by Gasteiger charge is -2.07. The van der Waals surface area contributed by atoms with Crippen molar-refractivity contribution in [3.8, 4) is 23.1 Å². The van der Waals surface area contributed by atoms with E-state index >= 15 is 0 Å². The summed E-state index contributed by atoms with van der Waals surface area (Å²) in [6.07, 6.45) is 1.54. The van der Waals surface area contributed by atoms with Gasteiger partial charge in [-0.25, -0.2) is 0 Å². The second-order valence-corrected chi connectivity index (χ2v) is 6.57. The highest BCUT2D eigenvalue weighted by atomic mass is 127. The quantitative estimate of drug-likeness (QED) is 0.443. The van der Waals surface area contributed by atoms with E-state index in [1.807, 2.05) is 30.3 Å². The smallest absolute Gasteiger partial charge is 0.283 e. The Morgan fingerprint density at radius 3 is 2.62 bits per heavy atom. The van der Waals surface area contributed by atoms with Crippen molar-refractivity contribution >= 4 is 34.2 Å². The fraction of sp³-hybridized carbons (Fsp3) is 0. The van der Waals surface area contributed by atoms with E-state index in [1.54, 1.807) is 36.6 Å². The van der Waals surface area contributed by atoms with E-state index in [-0.39, 0.29) is 5.91 Å². The van der Waals surface area contributed by atoms with Crippen molar-refractivity contribution in [3.05, 3.63) is 76.1 Å². The molecule has 1 amide bonds. The molecule has 2 aromatic heterocycles. The number of aromatic nitrogens is 2. The Morgan fingerprint density at radius 2 is 1.81 bits per heavy atom. The van der Waals surface area contributed by atoms with Crippen molar-refractivity contribution < 1.29 is 13.6 Å². The maximum Gasteiger partial charge on any atom is 0.283 e. The summed E-state index contributed by atoms with van der Waals surface area (Å²) in [5.74, 6) is 0.987. The average Bonchev–Trinajstić information content (AvgIpc) is 3.34. The summed E-state index contributed by atoms with van der Waals surface area (Å²) in [6, 6.07) is 18.1. The van der Waals surface area contributed by atoms with E-state index in [9.17, 15) is 4.79 Å². The predicted molar refractivity (Wildman–Crippen MR) is 105 cm³/mol. The fourth-order valence-electron chi connectivity index (χ4n) is 2.41. The van der Waals surface area contributed by atoms with E-state index in [4.69, 9.17) is 8.83 Å². The Balaban J connectivity index is 1.57. The Kier molecular flexibility index (Phi) is 4.53. The summed E-state index contributed by atoms with van der Waals surface area (Å²) in [5, 5.41) is 10.9. The highest BCUT2D eigenvalue weighted by Crippen LogP contribution is 2.26. The maximum absolute atomic E-state index is 12.5. The second-order valence-electron chi connectivity index (χ2n) is 5.40. The number of halogens is 1. The third kappa shape index (κ3) is 3.38. The molecule has 1 N–H and O–H groups in total. The van der Waals surface area contributed by atoms with E-state index in [1.165, 1.54) is 0 Å². The van der Waals surface area contributed by atoms with Crippen molar-refractivity contribution in [2.24, 2.45) is 0 Å². The summed E-state index contributed by atoms with van der Waals surface area (Å²) >= 11 is 2.14. The van der Waals surface area contributed by atoms with Gasteiger partial charge in [0.05, 0.1) is 11.8 Å². The van der Waals surface area contributed by atoms with E-state index in [0.717, 1.165) is 3.57 Å². The standard InChI is InChI=1S/C19H12IN3O3/c20-15-8-2-1-7-14(15)17(24)21-13-6-3-5-12(11-13)18-22-23-19(26-18)16-9-4-10-25-16/h1-11H,(H,21,24). The Morgan fingerprint density at radius 1 is 0.962 bits per heavy atom. The Bertz CT molecular complexity index is 1060. The molecule has 2 aromatic carbocycles. The molecule has 0 atom stereocenters. The van der Waals surface area contributed by atoms with Crippen LogP contribution in [-0.4, -0.2) is 16.1 Å². The Labute approximate surface area is 162 Å². The van der Waals surface area contributed by atoms with Gasteiger partial charge in [0.25, 0.3) is 11.8 Å². The molecule has 4 aromatic rings. The van der Waals surface area contributed by atoms with Crippen LogP contribution in [0.3, 0.4) is 0 Å². The van der Waals surface area contributed by atoms with Crippen LogP contribution >= 0.6 is 22.6 Å². The number of benzene rings is 2. The number of rotatable bonds is 4. The molecule has 0 spiro atoms. The van der Waals surface area contributed by atoms with Crippen molar-refractivity contribution in [2.45, 2.75) is 0 Å². The maximum atomic E-state index is 12.5. The van der Waals surface area contributed by atoms with Gasteiger partial charge in [-0.2, -0.15) is 0 Å². The number of furan rings is 1. The zero-order valence-corrected chi connectivity index (χ0v) is 15.5. The van der Waals surface area contributed by atoms with Crippen LogP contribution in [0.2, 0.25) is 0 Å². The first-order chi connectivity index (χ1) is 12.7. The molecule has 0 bridgehead atoms. The number of carbonyl (C=O) groups is 1. The number of carbonyl (C=O) groups excluding carboxylic acids is 1. The molecule has 0 aliphatic heterocycles. The lowest BCUT2D eigenvalue weighted by atomic mass is 10.1. The van der Waals surface area contributed by atoms with Crippen LogP contribution in [0.1, 0.15) is 10.4 Å². The highest BCUT2D eigenvalue weighted by molar-refractivity contribution is 14.1. The van der Waals surface area contributed by atoms with Crippen LogP contribution in [0.4, 0.5) is 5.69 Å². The first-order valence-corrected chi connectivity index (χ1v) is 8.82. The first kappa shape index (κ1) is 16.5.